The zero-order chi connectivity index (χ0) is 13.0. The number of benzene rings is 1. The smallest absolute Gasteiger partial charge is 0.147 e. The molecule has 1 heterocycles. The number of hydrogen-bond acceptors (Lipinski definition) is 2. The minimum atomic E-state index is -0.265. The quantitative estimate of drug-likeness (QED) is 0.900. The average Bonchev–Trinajstić information content (AvgIpc) is 2.59. The Morgan fingerprint density at radius 1 is 1.39 bits per heavy atom. The average molecular weight is 271 g/mol. The van der Waals surface area contributed by atoms with Gasteiger partial charge in [0.25, 0.3) is 0 Å². The monoisotopic (exact) mass is 270 g/mol. The standard InChI is InChI=1S/C14H20ClFN2/c1-2-18-9-4-5-11(8-10-18)17-14-12(15)6-3-7-13(14)16/h3,6-7,11,17H,2,4-5,8-10H2,1H3. The van der Waals surface area contributed by atoms with Crippen LogP contribution in [0.15, 0.2) is 18.2 Å². The first-order valence-electron chi connectivity index (χ1n) is 6.63. The lowest BCUT2D eigenvalue weighted by atomic mass is 10.1. The second-order valence-electron chi connectivity index (χ2n) is 4.80. The second-order valence-corrected chi connectivity index (χ2v) is 5.21. The topological polar surface area (TPSA) is 15.3 Å². The summed E-state index contributed by atoms with van der Waals surface area (Å²) in [5, 5.41) is 3.73. The predicted molar refractivity (Wildman–Crippen MR) is 74.8 cm³/mol. The molecular weight excluding hydrogens is 251 g/mol. The van der Waals surface area contributed by atoms with Crippen molar-refractivity contribution >= 4 is 17.3 Å². The van der Waals surface area contributed by atoms with E-state index in [4.69, 9.17) is 11.6 Å². The number of nitrogens with one attached hydrogen (secondary N) is 1. The summed E-state index contributed by atoms with van der Waals surface area (Å²) in [5.74, 6) is -0.265. The lowest BCUT2D eigenvalue weighted by Gasteiger charge is -2.20. The van der Waals surface area contributed by atoms with Crippen LogP contribution in [0.5, 0.6) is 0 Å². The summed E-state index contributed by atoms with van der Waals surface area (Å²) in [4.78, 5) is 2.44. The van der Waals surface area contributed by atoms with Gasteiger partial charge in [0, 0.05) is 12.6 Å². The lowest BCUT2D eigenvalue weighted by Crippen LogP contribution is -2.26. The molecule has 2 rings (SSSR count). The zero-order valence-electron chi connectivity index (χ0n) is 10.8. The Kier molecular flexibility index (Phi) is 4.84. The molecule has 0 aromatic heterocycles. The maximum absolute atomic E-state index is 13.7. The van der Waals surface area contributed by atoms with Gasteiger partial charge in [-0.3, -0.25) is 0 Å². The summed E-state index contributed by atoms with van der Waals surface area (Å²) in [5.41, 5.74) is 0.453. The Bertz CT molecular complexity index is 377. The number of anilines is 1. The van der Waals surface area contributed by atoms with Crippen molar-refractivity contribution in [1.82, 2.24) is 4.90 Å². The van der Waals surface area contributed by atoms with E-state index in [1.807, 2.05) is 0 Å². The number of likely N-dealkylation sites (tertiary alicyclic amines) is 1. The fourth-order valence-electron chi connectivity index (χ4n) is 2.46. The van der Waals surface area contributed by atoms with Gasteiger partial charge in [-0.25, -0.2) is 4.39 Å². The van der Waals surface area contributed by atoms with Gasteiger partial charge in [-0.1, -0.05) is 24.6 Å². The van der Waals surface area contributed by atoms with Gasteiger partial charge in [0.05, 0.1) is 10.7 Å². The summed E-state index contributed by atoms with van der Waals surface area (Å²) in [6.45, 7) is 5.48. The molecular formula is C14H20ClFN2. The van der Waals surface area contributed by atoms with Crippen molar-refractivity contribution in [3.63, 3.8) is 0 Å². The lowest BCUT2D eigenvalue weighted by molar-refractivity contribution is 0.300. The van der Waals surface area contributed by atoms with Gasteiger partial charge in [0.1, 0.15) is 5.82 Å². The third kappa shape index (κ3) is 3.36. The Labute approximate surface area is 113 Å². The van der Waals surface area contributed by atoms with Crippen LogP contribution in [0.25, 0.3) is 0 Å². The Hall–Kier alpha value is -0.800. The van der Waals surface area contributed by atoms with Crippen LogP contribution in [0.4, 0.5) is 10.1 Å². The number of hydrogen-bond donors (Lipinski definition) is 1. The highest BCUT2D eigenvalue weighted by atomic mass is 35.5. The van der Waals surface area contributed by atoms with Gasteiger partial charge in [-0.15, -0.1) is 0 Å². The van der Waals surface area contributed by atoms with E-state index in [1.54, 1.807) is 12.1 Å². The molecule has 1 aromatic rings. The maximum atomic E-state index is 13.7. The van der Waals surface area contributed by atoms with Crippen molar-refractivity contribution < 1.29 is 4.39 Å². The fraction of sp³-hybridized carbons (Fsp3) is 0.571. The van der Waals surface area contributed by atoms with Gasteiger partial charge in [-0.05, 0) is 44.5 Å². The number of nitrogens with zero attached hydrogens (tertiary/aromatic N) is 1. The van der Waals surface area contributed by atoms with Crippen LogP contribution in [0.2, 0.25) is 5.02 Å². The Morgan fingerprint density at radius 3 is 2.94 bits per heavy atom. The molecule has 1 saturated heterocycles. The minimum absolute atomic E-state index is 0.265. The van der Waals surface area contributed by atoms with Gasteiger partial charge < -0.3 is 10.2 Å². The Balaban J connectivity index is 2.01. The molecule has 4 heteroatoms. The highest BCUT2D eigenvalue weighted by molar-refractivity contribution is 6.33. The van der Waals surface area contributed by atoms with E-state index in [-0.39, 0.29) is 5.82 Å². The summed E-state index contributed by atoms with van der Waals surface area (Å²) < 4.78 is 13.7. The SMILES string of the molecule is CCN1CCCC(Nc2c(F)cccc2Cl)CC1. The molecule has 18 heavy (non-hydrogen) atoms. The van der Waals surface area contributed by atoms with E-state index in [0.717, 1.165) is 38.9 Å². The van der Waals surface area contributed by atoms with Crippen molar-refractivity contribution in [3.05, 3.63) is 29.0 Å². The normalized spacial score (nSPS) is 21.6. The van der Waals surface area contributed by atoms with Crippen molar-refractivity contribution in [3.8, 4) is 0 Å². The third-order valence-electron chi connectivity index (χ3n) is 3.58. The number of rotatable bonds is 3. The molecule has 1 aromatic carbocycles. The number of halogens is 2. The van der Waals surface area contributed by atoms with Crippen LogP contribution in [0.3, 0.4) is 0 Å². The second kappa shape index (κ2) is 6.39. The van der Waals surface area contributed by atoms with Crippen LogP contribution in [0.1, 0.15) is 26.2 Å². The summed E-state index contributed by atoms with van der Waals surface area (Å²) in [7, 11) is 0. The van der Waals surface area contributed by atoms with Crippen LogP contribution in [-0.2, 0) is 0 Å². The first kappa shape index (κ1) is 13.6. The molecule has 0 aliphatic carbocycles. The van der Waals surface area contributed by atoms with Crippen LogP contribution in [-0.4, -0.2) is 30.6 Å². The van der Waals surface area contributed by atoms with E-state index in [1.165, 1.54) is 6.07 Å². The molecule has 1 aliphatic heterocycles. The molecule has 0 bridgehead atoms. The highest BCUT2D eigenvalue weighted by Gasteiger charge is 2.18. The van der Waals surface area contributed by atoms with Crippen molar-refractivity contribution in [2.24, 2.45) is 0 Å². The molecule has 2 nitrogen and oxygen atoms in total. The molecule has 1 fully saturated rings. The maximum Gasteiger partial charge on any atom is 0.147 e. The summed E-state index contributed by atoms with van der Waals surface area (Å²) in [6, 6.07) is 5.12. The van der Waals surface area contributed by atoms with E-state index in [2.05, 4.69) is 17.1 Å². The number of para-hydroxylation sites is 1. The van der Waals surface area contributed by atoms with E-state index >= 15 is 0 Å². The van der Waals surface area contributed by atoms with Crippen molar-refractivity contribution in [2.45, 2.75) is 32.2 Å². The zero-order valence-corrected chi connectivity index (χ0v) is 11.5. The molecule has 1 N–H and O–H groups in total. The Morgan fingerprint density at radius 2 is 2.22 bits per heavy atom. The van der Waals surface area contributed by atoms with E-state index in [9.17, 15) is 4.39 Å². The largest absolute Gasteiger partial charge is 0.379 e. The van der Waals surface area contributed by atoms with Crippen LogP contribution < -0.4 is 5.32 Å². The van der Waals surface area contributed by atoms with E-state index < -0.39 is 0 Å². The van der Waals surface area contributed by atoms with Gasteiger partial charge >= 0.3 is 0 Å². The molecule has 1 atom stereocenters. The minimum Gasteiger partial charge on any atom is -0.379 e. The molecule has 0 amide bonds. The first-order chi connectivity index (χ1) is 8.70. The summed E-state index contributed by atoms with van der Waals surface area (Å²) in [6.07, 6.45) is 3.26. The molecule has 0 radical (unpaired) electrons. The van der Waals surface area contributed by atoms with Gasteiger partial charge in [0.15, 0.2) is 0 Å². The third-order valence-corrected chi connectivity index (χ3v) is 3.89. The van der Waals surface area contributed by atoms with Gasteiger partial charge in [-0.2, -0.15) is 0 Å². The van der Waals surface area contributed by atoms with Gasteiger partial charge in [0.2, 0.25) is 0 Å². The first-order valence-corrected chi connectivity index (χ1v) is 7.01. The molecule has 1 aliphatic rings. The van der Waals surface area contributed by atoms with Crippen LogP contribution >= 0.6 is 11.6 Å². The van der Waals surface area contributed by atoms with E-state index in [0.29, 0.717) is 16.8 Å². The summed E-state index contributed by atoms with van der Waals surface area (Å²) >= 11 is 6.03. The van der Waals surface area contributed by atoms with Crippen LogP contribution in [0, 0.1) is 5.82 Å². The predicted octanol–water partition coefficient (Wildman–Crippen LogP) is 3.77. The highest BCUT2D eigenvalue weighted by Crippen LogP contribution is 2.27. The molecule has 0 saturated carbocycles. The molecule has 0 spiro atoms. The fourth-order valence-corrected chi connectivity index (χ4v) is 2.67. The molecule has 100 valence electrons. The molecule has 1 unspecified atom stereocenters. The van der Waals surface area contributed by atoms with Crippen molar-refractivity contribution in [1.29, 1.82) is 0 Å². The van der Waals surface area contributed by atoms with Crippen molar-refractivity contribution in [2.75, 3.05) is 25.0 Å².